The maximum Gasteiger partial charge on any atom is 0.195 e. The molecule has 104 valence electrons. The number of aromatic nitrogens is 2. The van der Waals surface area contributed by atoms with E-state index < -0.39 is 0 Å². The third-order valence-electron chi connectivity index (χ3n) is 4.15. The molecule has 0 spiro atoms. The SMILES string of the molecule is CN(CC1CCCCC1)c1nc2sccn2c1CN. The zero-order valence-electron chi connectivity index (χ0n) is 11.5. The molecule has 19 heavy (non-hydrogen) atoms. The summed E-state index contributed by atoms with van der Waals surface area (Å²) in [6.45, 7) is 1.65. The Hall–Kier alpha value is -1.07. The summed E-state index contributed by atoms with van der Waals surface area (Å²) in [5.41, 5.74) is 7.04. The van der Waals surface area contributed by atoms with Crippen LogP contribution in [0.2, 0.25) is 0 Å². The summed E-state index contributed by atoms with van der Waals surface area (Å²) in [7, 11) is 2.15. The predicted molar refractivity (Wildman–Crippen MR) is 80.8 cm³/mol. The zero-order valence-corrected chi connectivity index (χ0v) is 12.3. The molecule has 1 aliphatic carbocycles. The van der Waals surface area contributed by atoms with Gasteiger partial charge in [-0.2, -0.15) is 0 Å². The maximum absolute atomic E-state index is 5.91. The number of nitrogens with two attached hydrogens (primary N) is 1. The molecule has 2 N–H and O–H groups in total. The molecule has 0 aromatic carbocycles. The highest BCUT2D eigenvalue weighted by molar-refractivity contribution is 7.15. The van der Waals surface area contributed by atoms with Crippen molar-refractivity contribution in [2.45, 2.75) is 38.6 Å². The smallest absolute Gasteiger partial charge is 0.195 e. The van der Waals surface area contributed by atoms with Gasteiger partial charge >= 0.3 is 0 Å². The molecule has 0 saturated heterocycles. The van der Waals surface area contributed by atoms with Gasteiger partial charge in [-0.3, -0.25) is 4.40 Å². The minimum atomic E-state index is 0.544. The first kappa shape index (κ1) is 12.9. The van der Waals surface area contributed by atoms with Crippen molar-refractivity contribution in [2.24, 2.45) is 11.7 Å². The van der Waals surface area contributed by atoms with E-state index in [0.717, 1.165) is 28.9 Å². The maximum atomic E-state index is 5.91. The lowest BCUT2D eigenvalue weighted by atomic mass is 9.89. The molecule has 1 aliphatic rings. The Morgan fingerprint density at radius 3 is 2.95 bits per heavy atom. The minimum Gasteiger partial charge on any atom is -0.358 e. The van der Waals surface area contributed by atoms with Crippen LogP contribution in [0.25, 0.3) is 4.96 Å². The van der Waals surface area contributed by atoms with Crippen LogP contribution in [0.3, 0.4) is 0 Å². The number of fused-ring (bicyclic) bond motifs is 1. The van der Waals surface area contributed by atoms with Crippen molar-refractivity contribution < 1.29 is 0 Å². The van der Waals surface area contributed by atoms with E-state index in [-0.39, 0.29) is 0 Å². The molecule has 4 nitrogen and oxygen atoms in total. The van der Waals surface area contributed by atoms with Crippen LogP contribution in [0, 0.1) is 5.92 Å². The molecule has 0 bridgehead atoms. The standard InChI is InChI=1S/C14H22N4S/c1-17(10-11-5-3-2-4-6-11)13-12(9-15)18-7-8-19-14(18)16-13/h7-8,11H,2-6,9-10,15H2,1H3. The summed E-state index contributed by atoms with van der Waals surface area (Å²) in [5.74, 6) is 1.89. The Kier molecular flexibility index (Phi) is 3.75. The van der Waals surface area contributed by atoms with Crippen molar-refractivity contribution in [3.05, 3.63) is 17.3 Å². The van der Waals surface area contributed by atoms with Gasteiger partial charge in [0.25, 0.3) is 0 Å². The Labute approximate surface area is 118 Å². The number of hydrogen-bond acceptors (Lipinski definition) is 4. The average Bonchev–Trinajstić information content (AvgIpc) is 2.99. The molecule has 1 saturated carbocycles. The van der Waals surface area contributed by atoms with E-state index in [4.69, 9.17) is 10.7 Å². The molecule has 0 amide bonds. The van der Waals surface area contributed by atoms with Gasteiger partial charge in [0.1, 0.15) is 0 Å². The highest BCUT2D eigenvalue weighted by Gasteiger charge is 2.20. The topological polar surface area (TPSA) is 46.6 Å². The Bertz CT molecular complexity index is 539. The lowest BCUT2D eigenvalue weighted by molar-refractivity contribution is 0.361. The fourth-order valence-electron chi connectivity index (χ4n) is 3.16. The number of imidazole rings is 1. The molecule has 5 heteroatoms. The summed E-state index contributed by atoms with van der Waals surface area (Å²) in [6, 6.07) is 0. The van der Waals surface area contributed by atoms with E-state index in [1.165, 1.54) is 32.1 Å². The van der Waals surface area contributed by atoms with Crippen molar-refractivity contribution in [3.8, 4) is 0 Å². The molecule has 2 aromatic heterocycles. The molecule has 0 aliphatic heterocycles. The third kappa shape index (κ3) is 2.49. The van der Waals surface area contributed by atoms with Gasteiger partial charge in [-0.15, -0.1) is 11.3 Å². The summed E-state index contributed by atoms with van der Waals surface area (Å²) < 4.78 is 2.12. The molecule has 3 rings (SSSR count). The molecule has 0 atom stereocenters. The van der Waals surface area contributed by atoms with Crippen molar-refractivity contribution in [3.63, 3.8) is 0 Å². The largest absolute Gasteiger partial charge is 0.358 e. The van der Waals surface area contributed by atoms with Gasteiger partial charge in [-0.05, 0) is 18.8 Å². The van der Waals surface area contributed by atoms with Crippen LogP contribution in [-0.4, -0.2) is 23.0 Å². The average molecular weight is 278 g/mol. The van der Waals surface area contributed by atoms with E-state index in [2.05, 4.69) is 27.9 Å². The third-order valence-corrected chi connectivity index (χ3v) is 4.91. The summed E-state index contributed by atoms with van der Waals surface area (Å²) >= 11 is 1.67. The second kappa shape index (κ2) is 5.51. The molecular formula is C14H22N4S. The van der Waals surface area contributed by atoms with E-state index in [0.29, 0.717) is 6.54 Å². The van der Waals surface area contributed by atoms with Gasteiger partial charge in [-0.1, -0.05) is 19.3 Å². The second-order valence-electron chi connectivity index (χ2n) is 5.53. The van der Waals surface area contributed by atoms with Gasteiger partial charge in [-0.25, -0.2) is 4.98 Å². The molecule has 2 aromatic rings. The van der Waals surface area contributed by atoms with Gasteiger partial charge in [0, 0.05) is 31.7 Å². The molecular weight excluding hydrogens is 256 g/mol. The van der Waals surface area contributed by atoms with Gasteiger partial charge in [0.15, 0.2) is 10.8 Å². The van der Waals surface area contributed by atoms with Gasteiger partial charge in [0.05, 0.1) is 5.69 Å². The highest BCUT2D eigenvalue weighted by Crippen LogP contribution is 2.28. The number of thiazole rings is 1. The molecule has 0 unspecified atom stereocenters. The first-order valence-corrected chi connectivity index (χ1v) is 8.03. The van der Waals surface area contributed by atoms with Crippen molar-refractivity contribution in [1.82, 2.24) is 9.38 Å². The van der Waals surface area contributed by atoms with Crippen molar-refractivity contribution in [2.75, 3.05) is 18.5 Å². The van der Waals surface area contributed by atoms with Crippen LogP contribution in [0.1, 0.15) is 37.8 Å². The summed E-state index contributed by atoms with van der Waals surface area (Å²) in [4.78, 5) is 8.09. The number of hydrogen-bond donors (Lipinski definition) is 1. The molecule has 0 radical (unpaired) electrons. The highest BCUT2D eigenvalue weighted by atomic mass is 32.1. The van der Waals surface area contributed by atoms with E-state index in [1.54, 1.807) is 11.3 Å². The van der Waals surface area contributed by atoms with E-state index >= 15 is 0 Å². The number of anilines is 1. The fourth-order valence-corrected chi connectivity index (χ4v) is 3.89. The van der Waals surface area contributed by atoms with Crippen LogP contribution >= 0.6 is 11.3 Å². The summed E-state index contributed by atoms with van der Waals surface area (Å²) in [5, 5.41) is 2.06. The minimum absolute atomic E-state index is 0.544. The normalized spacial score (nSPS) is 17.2. The monoisotopic (exact) mass is 278 g/mol. The second-order valence-corrected chi connectivity index (χ2v) is 6.40. The fraction of sp³-hybridized carbons (Fsp3) is 0.643. The van der Waals surface area contributed by atoms with E-state index in [9.17, 15) is 0 Å². The quantitative estimate of drug-likeness (QED) is 0.935. The van der Waals surface area contributed by atoms with Crippen LogP contribution in [0.15, 0.2) is 11.6 Å². The lowest BCUT2D eigenvalue weighted by Crippen LogP contribution is -2.28. The Morgan fingerprint density at radius 2 is 2.21 bits per heavy atom. The van der Waals surface area contributed by atoms with Crippen molar-refractivity contribution >= 4 is 22.1 Å². The Balaban J connectivity index is 1.79. The first-order chi connectivity index (χ1) is 9.29. The molecule has 1 fully saturated rings. The van der Waals surface area contributed by atoms with Crippen LogP contribution in [-0.2, 0) is 6.54 Å². The number of rotatable bonds is 4. The zero-order chi connectivity index (χ0) is 13.2. The molecule has 2 heterocycles. The number of nitrogens with zero attached hydrogens (tertiary/aromatic N) is 3. The Morgan fingerprint density at radius 1 is 1.42 bits per heavy atom. The van der Waals surface area contributed by atoms with E-state index in [1.807, 2.05) is 0 Å². The van der Waals surface area contributed by atoms with Crippen LogP contribution in [0.5, 0.6) is 0 Å². The lowest BCUT2D eigenvalue weighted by Gasteiger charge is -2.27. The van der Waals surface area contributed by atoms with Crippen LogP contribution < -0.4 is 10.6 Å². The predicted octanol–water partition coefficient (Wildman–Crippen LogP) is 2.87. The van der Waals surface area contributed by atoms with Crippen molar-refractivity contribution in [1.29, 1.82) is 0 Å². The van der Waals surface area contributed by atoms with Gasteiger partial charge < -0.3 is 10.6 Å². The first-order valence-electron chi connectivity index (χ1n) is 7.15. The van der Waals surface area contributed by atoms with Crippen LogP contribution in [0.4, 0.5) is 5.82 Å². The van der Waals surface area contributed by atoms with Gasteiger partial charge in [0.2, 0.25) is 0 Å². The summed E-state index contributed by atoms with van der Waals surface area (Å²) in [6.07, 6.45) is 8.98.